The van der Waals surface area contributed by atoms with Gasteiger partial charge < -0.3 is 25.2 Å². The Bertz CT molecular complexity index is 635. The Morgan fingerprint density at radius 3 is 1.50 bits per heavy atom. The minimum atomic E-state index is -0.590. The van der Waals surface area contributed by atoms with E-state index in [1.807, 2.05) is 32.0 Å². The molecule has 7 heteroatoms. The number of carbonyl (C=O) groups is 2. The van der Waals surface area contributed by atoms with Gasteiger partial charge in [-0.2, -0.15) is 0 Å². The smallest absolute Gasteiger partial charge is 0.408 e. The average molecular weight is 395 g/mol. The van der Waals surface area contributed by atoms with Crippen LogP contribution in [0.2, 0.25) is 0 Å². The Kier molecular flexibility index (Phi) is 7.87. The summed E-state index contributed by atoms with van der Waals surface area (Å²) in [5.74, 6) is 0. The number of aliphatic hydroxyl groups is 1. The lowest BCUT2D eigenvalue weighted by Crippen LogP contribution is -2.34. The van der Waals surface area contributed by atoms with Crippen molar-refractivity contribution in [3.8, 4) is 0 Å². The molecule has 3 N–H and O–H groups in total. The summed E-state index contributed by atoms with van der Waals surface area (Å²) in [6.45, 7) is 14.3. The second kappa shape index (κ2) is 9.28. The van der Waals surface area contributed by atoms with Crippen molar-refractivity contribution < 1.29 is 24.2 Å². The maximum Gasteiger partial charge on any atom is 0.408 e. The van der Waals surface area contributed by atoms with Gasteiger partial charge in [0.05, 0.1) is 18.7 Å². The molecule has 7 nitrogen and oxygen atoms in total. The second-order valence-electron chi connectivity index (χ2n) is 8.90. The standard InChI is InChI=1S/C21H34N2O5/c1-13(22-18(25)27-20(3,4)5)16-9-15(12-24)10-17(11-16)14(2)23-19(26)28-21(6,7)8/h9-11,13-14,24H,12H2,1-8H3,(H,22,25)(H,23,26). The fraction of sp³-hybridized carbons (Fsp3) is 0.619. The van der Waals surface area contributed by atoms with Crippen molar-refractivity contribution >= 4 is 12.2 Å². The Hall–Kier alpha value is -2.28. The van der Waals surface area contributed by atoms with Crippen LogP contribution in [0.3, 0.4) is 0 Å². The van der Waals surface area contributed by atoms with Crippen molar-refractivity contribution in [1.29, 1.82) is 0 Å². The SMILES string of the molecule is CC(NC(=O)OC(C)(C)C)c1cc(CO)cc(C(C)NC(=O)OC(C)(C)C)c1. The van der Waals surface area contributed by atoms with E-state index in [2.05, 4.69) is 10.6 Å². The summed E-state index contributed by atoms with van der Waals surface area (Å²) in [6.07, 6.45) is -1.04. The molecule has 0 saturated carbocycles. The molecule has 0 aliphatic heterocycles. The van der Waals surface area contributed by atoms with Crippen LogP contribution < -0.4 is 10.6 Å². The number of ether oxygens (including phenoxy) is 2. The predicted molar refractivity (Wildman–Crippen MR) is 108 cm³/mol. The summed E-state index contributed by atoms with van der Waals surface area (Å²) in [6, 6.07) is 4.82. The molecule has 0 bridgehead atoms. The van der Waals surface area contributed by atoms with Gasteiger partial charge in [-0.15, -0.1) is 0 Å². The Balaban J connectivity index is 2.95. The lowest BCUT2D eigenvalue weighted by atomic mass is 9.98. The molecule has 1 rings (SSSR count). The molecule has 0 heterocycles. The van der Waals surface area contributed by atoms with Crippen molar-refractivity contribution in [3.05, 3.63) is 34.9 Å². The van der Waals surface area contributed by atoms with Crippen molar-refractivity contribution in [1.82, 2.24) is 10.6 Å². The molecule has 158 valence electrons. The quantitative estimate of drug-likeness (QED) is 0.690. The highest BCUT2D eigenvalue weighted by Crippen LogP contribution is 2.23. The molecule has 1 aromatic carbocycles. The van der Waals surface area contributed by atoms with Crippen molar-refractivity contribution in [2.75, 3.05) is 0 Å². The van der Waals surface area contributed by atoms with E-state index in [0.717, 1.165) is 11.1 Å². The van der Waals surface area contributed by atoms with Crippen LogP contribution in [0.4, 0.5) is 9.59 Å². The molecule has 2 amide bonds. The van der Waals surface area contributed by atoms with E-state index in [9.17, 15) is 14.7 Å². The first-order valence-electron chi connectivity index (χ1n) is 9.44. The van der Waals surface area contributed by atoms with E-state index in [0.29, 0.717) is 5.56 Å². The van der Waals surface area contributed by atoms with Crippen LogP contribution in [-0.2, 0) is 16.1 Å². The van der Waals surface area contributed by atoms with Gasteiger partial charge in [0.1, 0.15) is 11.2 Å². The predicted octanol–water partition coefficient (Wildman–Crippen LogP) is 4.35. The molecule has 2 atom stereocenters. The van der Waals surface area contributed by atoms with Crippen LogP contribution in [-0.4, -0.2) is 28.5 Å². The van der Waals surface area contributed by atoms with Crippen molar-refractivity contribution in [2.45, 2.75) is 85.3 Å². The largest absolute Gasteiger partial charge is 0.444 e. The first-order chi connectivity index (χ1) is 12.7. The van der Waals surface area contributed by atoms with E-state index in [1.54, 1.807) is 41.5 Å². The van der Waals surface area contributed by atoms with Gasteiger partial charge in [0.25, 0.3) is 0 Å². The third-order valence-electron chi connectivity index (χ3n) is 3.69. The van der Waals surface area contributed by atoms with Gasteiger partial charge in [-0.3, -0.25) is 0 Å². The highest BCUT2D eigenvalue weighted by atomic mass is 16.6. The third kappa shape index (κ3) is 8.61. The Morgan fingerprint density at radius 1 is 0.857 bits per heavy atom. The highest BCUT2D eigenvalue weighted by Gasteiger charge is 2.21. The molecule has 0 saturated heterocycles. The van der Waals surface area contributed by atoms with Crippen molar-refractivity contribution in [3.63, 3.8) is 0 Å². The maximum atomic E-state index is 12.0. The highest BCUT2D eigenvalue weighted by molar-refractivity contribution is 5.69. The molecule has 0 aliphatic rings. The molecule has 1 aromatic rings. The fourth-order valence-corrected chi connectivity index (χ4v) is 2.47. The number of amides is 2. The van der Waals surface area contributed by atoms with Gasteiger partial charge in [0, 0.05) is 0 Å². The number of nitrogens with one attached hydrogen (secondary N) is 2. The fourth-order valence-electron chi connectivity index (χ4n) is 2.47. The lowest BCUT2D eigenvalue weighted by Gasteiger charge is -2.24. The van der Waals surface area contributed by atoms with Gasteiger partial charge in [-0.1, -0.05) is 18.2 Å². The molecular formula is C21H34N2O5. The number of hydrogen-bond acceptors (Lipinski definition) is 5. The monoisotopic (exact) mass is 394 g/mol. The van der Waals surface area contributed by atoms with Crippen LogP contribution in [0.15, 0.2) is 18.2 Å². The zero-order valence-electron chi connectivity index (χ0n) is 18.2. The lowest BCUT2D eigenvalue weighted by molar-refractivity contribution is 0.0497. The summed E-state index contributed by atoms with van der Waals surface area (Å²) >= 11 is 0. The minimum Gasteiger partial charge on any atom is -0.444 e. The van der Waals surface area contributed by atoms with Crippen LogP contribution >= 0.6 is 0 Å². The zero-order valence-corrected chi connectivity index (χ0v) is 18.2. The van der Waals surface area contributed by atoms with Gasteiger partial charge in [-0.25, -0.2) is 9.59 Å². The number of hydrogen-bond donors (Lipinski definition) is 3. The summed E-state index contributed by atoms with van der Waals surface area (Å²) in [4.78, 5) is 24.1. The molecule has 0 spiro atoms. The van der Waals surface area contributed by atoms with Crippen LogP contribution in [0.25, 0.3) is 0 Å². The van der Waals surface area contributed by atoms with Crippen molar-refractivity contribution in [2.24, 2.45) is 0 Å². The van der Waals surface area contributed by atoms with Crippen LogP contribution in [0, 0.1) is 0 Å². The summed E-state index contributed by atoms with van der Waals surface area (Å²) in [5.41, 5.74) is 1.10. The molecule has 28 heavy (non-hydrogen) atoms. The summed E-state index contributed by atoms with van der Waals surface area (Å²) < 4.78 is 10.6. The van der Waals surface area contributed by atoms with E-state index in [-0.39, 0.29) is 18.7 Å². The van der Waals surface area contributed by atoms with Gasteiger partial charge in [0.15, 0.2) is 0 Å². The number of benzene rings is 1. The minimum absolute atomic E-state index is 0.154. The van der Waals surface area contributed by atoms with Gasteiger partial charge in [0.2, 0.25) is 0 Å². The van der Waals surface area contributed by atoms with Gasteiger partial charge in [-0.05, 0) is 72.1 Å². The van der Waals surface area contributed by atoms with Crippen LogP contribution in [0.1, 0.15) is 84.2 Å². The number of alkyl carbamates (subject to hydrolysis) is 2. The first kappa shape index (κ1) is 23.8. The Morgan fingerprint density at radius 2 is 1.21 bits per heavy atom. The molecule has 0 fully saturated rings. The molecule has 0 aliphatic carbocycles. The topological polar surface area (TPSA) is 96.9 Å². The van der Waals surface area contributed by atoms with Crippen LogP contribution in [0.5, 0.6) is 0 Å². The first-order valence-corrected chi connectivity index (χ1v) is 9.44. The molecule has 0 aromatic heterocycles. The number of rotatable bonds is 5. The van der Waals surface area contributed by atoms with E-state index >= 15 is 0 Å². The normalized spacial score (nSPS) is 14.0. The van der Waals surface area contributed by atoms with E-state index in [4.69, 9.17) is 9.47 Å². The second-order valence-corrected chi connectivity index (χ2v) is 8.90. The van der Waals surface area contributed by atoms with Gasteiger partial charge >= 0.3 is 12.2 Å². The number of carbonyl (C=O) groups excluding carboxylic acids is 2. The summed E-state index contributed by atoms with van der Waals surface area (Å²) in [5, 5.41) is 15.2. The summed E-state index contributed by atoms with van der Waals surface area (Å²) in [7, 11) is 0. The molecular weight excluding hydrogens is 360 g/mol. The zero-order chi connectivity index (χ0) is 21.7. The molecule has 2 unspecified atom stereocenters. The third-order valence-corrected chi connectivity index (χ3v) is 3.69. The average Bonchev–Trinajstić information content (AvgIpc) is 2.50. The van der Waals surface area contributed by atoms with E-state index < -0.39 is 23.4 Å². The number of aliphatic hydroxyl groups excluding tert-OH is 1. The van der Waals surface area contributed by atoms with E-state index in [1.165, 1.54) is 0 Å². The molecule has 0 radical (unpaired) electrons. The Labute approximate surface area is 167 Å². The maximum absolute atomic E-state index is 12.0.